The highest BCUT2D eigenvalue weighted by molar-refractivity contribution is 5.88. The van der Waals surface area contributed by atoms with Crippen LogP contribution in [0.2, 0.25) is 0 Å². The number of rotatable bonds is 1. The fourth-order valence-electron chi connectivity index (χ4n) is 1.19. The van der Waals surface area contributed by atoms with Crippen LogP contribution in [-0.2, 0) is 4.79 Å². The van der Waals surface area contributed by atoms with E-state index in [1.165, 1.54) is 6.92 Å². The lowest BCUT2D eigenvalue weighted by atomic mass is 9.95. The van der Waals surface area contributed by atoms with Crippen molar-refractivity contribution in [2.45, 2.75) is 39.7 Å². The largest absolute Gasteiger partial charge is 0.370 e. The monoisotopic (exact) mass is 209 g/mol. The lowest BCUT2D eigenvalue weighted by molar-refractivity contribution is -0.148. The average Bonchev–Trinajstić information content (AvgIpc) is 1.96. The molecule has 1 amide bonds. The average molecular weight is 209 g/mol. The topological polar surface area (TPSA) is 40.5 Å². The maximum Gasteiger partial charge on any atom is 0.266 e. The van der Waals surface area contributed by atoms with Gasteiger partial charge >= 0.3 is 0 Å². The smallest absolute Gasteiger partial charge is 0.266 e. The van der Waals surface area contributed by atoms with Gasteiger partial charge in [-0.15, -0.1) is 0 Å². The van der Waals surface area contributed by atoms with Gasteiger partial charge in [-0.05, 0) is 34.1 Å². The number of nitrogens with zero attached hydrogens (tertiary/aromatic N) is 1. The molecule has 15 heavy (non-hydrogen) atoms. The number of carbonyl (C=O) groups excluding carboxylic acids is 1. The highest BCUT2D eigenvalue weighted by Crippen LogP contribution is 2.16. The van der Waals surface area contributed by atoms with E-state index in [4.69, 9.17) is 0 Å². The third-order valence-electron chi connectivity index (χ3n) is 2.24. The molecule has 1 saturated heterocycles. The summed E-state index contributed by atoms with van der Waals surface area (Å²) in [4.78, 5) is 13.4. The Balaban J connectivity index is 2.72. The third-order valence-corrected chi connectivity index (χ3v) is 2.24. The molecule has 1 fully saturated rings. The quantitative estimate of drug-likeness (QED) is 0.655. The molecule has 1 N–H and O–H groups in total. The fraction of sp³-hybridized carbons (Fsp3) is 0.750. The third kappa shape index (κ3) is 3.24. The van der Waals surface area contributed by atoms with Crippen molar-refractivity contribution < 1.29 is 9.90 Å². The van der Waals surface area contributed by atoms with Crippen molar-refractivity contribution in [3.05, 3.63) is 0 Å². The van der Waals surface area contributed by atoms with Crippen molar-refractivity contribution in [3.8, 4) is 11.8 Å². The Morgan fingerprint density at radius 1 is 1.20 bits per heavy atom. The summed E-state index contributed by atoms with van der Waals surface area (Å²) >= 11 is 0. The first-order valence-corrected chi connectivity index (χ1v) is 5.28. The van der Waals surface area contributed by atoms with E-state index in [0.29, 0.717) is 0 Å². The molecule has 1 heterocycles. The molecule has 0 aliphatic carbocycles. The molecule has 3 nitrogen and oxygen atoms in total. The van der Waals surface area contributed by atoms with Crippen LogP contribution in [0.1, 0.15) is 34.1 Å². The zero-order chi connectivity index (χ0) is 11.7. The van der Waals surface area contributed by atoms with Crippen LogP contribution in [-0.4, -0.2) is 34.6 Å². The molecule has 0 spiro atoms. The minimum atomic E-state index is -1.53. The summed E-state index contributed by atoms with van der Waals surface area (Å²) in [5.74, 6) is 5.29. The maximum absolute atomic E-state index is 11.7. The number of amides is 1. The Morgan fingerprint density at radius 2 is 1.73 bits per heavy atom. The van der Waals surface area contributed by atoms with Gasteiger partial charge in [-0.3, -0.25) is 4.79 Å². The van der Waals surface area contributed by atoms with Gasteiger partial charge in [-0.1, -0.05) is 11.8 Å². The van der Waals surface area contributed by atoms with E-state index < -0.39 is 5.60 Å². The van der Waals surface area contributed by atoms with Crippen molar-refractivity contribution in [1.82, 2.24) is 4.90 Å². The first kappa shape index (κ1) is 12.1. The normalized spacial score (nSPS) is 19.7. The van der Waals surface area contributed by atoms with Crippen LogP contribution in [0.3, 0.4) is 0 Å². The standard InChI is InChI=1S/C12H19NO2/c1-11(2,3)6-7-12(4,15)10(14)13-8-5-9-13/h15H,5,8-9H2,1-4H3/t12-/m0/s1. The highest BCUT2D eigenvalue weighted by atomic mass is 16.3. The van der Waals surface area contributed by atoms with E-state index in [9.17, 15) is 9.90 Å². The SMILES string of the molecule is CC(C)(C)C#C[C@](C)(O)C(=O)N1CCC1. The van der Waals surface area contributed by atoms with Gasteiger partial charge in [0.2, 0.25) is 5.60 Å². The summed E-state index contributed by atoms with van der Waals surface area (Å²) in [7, 11) is 0. The molecule has 0 saturated carbocycles. The molecular formula is C12H19NO2. The molecule has 1 atom stereocenters. The van der Waals surface area contributed by atoms with Gasteiger partial charge in [0.05, 0.1) is 0 Å². The van der Waals surface area contributed by atoms with E-state index in [0.717, 1.165) is 19.5 Å². The van der Waals surface area contributed by atoms with Crippen molar-refractivity contribution in [2.75, 3.05) is 13.1 Å². The van der Waals surface area contributed by atoms with Crippen LogP contribution in [0.4, 0.5) is 0 Å². The second-order valence-corrected chi connectivity index (χ2v) is 5.22. The van der Waals surface area contributed by atoms with Gasteiger partial charge < -0.3 is 10.0 Å². The van der Waals surface area contributed by atoms with Crippen LogP contribution < -0.4 is 0 Å². The van der Waals surface area contributed by atoms with E-state index in [1.54, 1.807) is 4.90 Å². The Kier molecular flexibility index (Phi) is 3.11. The second kappa shape index (κ2) is 3.86. The number of aliphatic hydroxyl groups is 1. The van der Waals surface area contributed by atoms with Crippen LogP contribution >= 0.6 is 0 Å². The summed E-state index contributed by atoms with van der Waals surface area (Å²) in [6, 6.07) is 0. The fourth-order valence-corrected chi connectivity index (χ4v) is 1.19. The molecule has 1 aliphatic rings. The summed E-state index contributed by atoms with van der Waals surface area (Å²) in [5.41, 5.74) is -1.73. The van der Waals surface area contributed by atoms with E-state index in [-0.39, 0.29) is 11.3 Å². The minimum absolute atomic E-state index is 0.195. The van der Waals surface area contributed by atoms with Gasteiger partial charge in [0.15, 0.2) is 0 Å². The van der Waals surface area contributed by atoms with Crippen LogP contribution in [0.5, 0.6) is 0 Å². The summed E-state index contributed by atoms with van der Waals surface area (Å²) in [6.45, 7) is 8.79. The predicted molar refractivity (Wildman–Crippen MR) is 59.1 cm³/mol. The Bertz CT molecular complexity index is 311. The van der Waals surface area contributed by atoms with E-state index in [1.807, 2.05) is 20.8 Å². The summed E-state index contributed by atoms with van der Waals surface area (Å²) in [5, 5.41) is 9.92. The lowest BCUT2D eigenvalue weighted by Crippen LogP contribution is -2.52. The van der Waals surface area contributed by atoms with Crippen molar-refractivity contribution >= 4 is 5.91 Å². The molecule has 0 radical (unpaired) electrons. The second-order valence-electron chi connectivity index (χ2n) is 5.22. The van der Waals surface area contributed by atoms with Gasteiger partial charge in [-0.25, -0.2) is 0 Å². The Labute approximate surface area is 91.5 Å². The first-order chi connectivity index (χ1) is 6.72. The lowest BCUT2D eigenvalue weighted by Gasteiger charge is -2.34. The Morgan fingerprint density at radius 3 is 2.07 bits per heavy atom. The summed E-state index contributed by atoms with van der Waals surface area (Å²) in [6.07, 6.45) is 1.02. The molecule has 0 aromatic carbocycles. The van der Waals surface area contributed by atoms with Gasteiger partial charge in [0.25, 0.3) is 5.91 Å². The molecule has 0 unspecified atom stereocenters. The molecular weight excluding hydrogens is 190 g/mol. The van der Waals surface area contributed by atoms with Gasteiger partial charge in [0, 0.05) is 18.5 Å². The molecule has 0 aromatic rings. The zero-order valence-electron chi connectivity index (χ0n) is 9.92. The van der Waals surface area contributed by atoms with Crippen molar-refractivity contribution in [1.29, 1.82) is 0 Å². The van der Waals surface area contributed by atoms with Crippen molar-refractivity contribution in [2.24, 2.45) is 5.41 Å². The number of carbonyl (C=O) groups is 1. The molecule has 0 bridgehead atoms. The molecule has 84 valence electrons. The molecule has 1 rings (SSSR count). The number of hydrogen-bond acceptors (Lipinski definition) is 2. The summed E-state index contributed by atoms with van der Waals surface area (Å²) < 4.78 is 0. The molecule has 1 aliphatic heterocycles. The van der Waals surface area contributed by atoms with Crippen LogP contribution in [0.15, 0.2) is 0 Å². The zero-order valence-corrected chi connectivity index (χ0v) is 9.92. The van der Waals surface area contributed by atoms with E-state index in [2.05, 4.69) is 11.8 Å². The first-order valence-electron chi connectivity index (χ1n) is 5.28. The van der Waals surface area contributed by atoms with Gasteiger partial charge in [0.1, 0.15) is 0 Å². The molecule has 3 heteroatoms. The minimum Gasteiger partial charge on any atom is -0.370 e. The maximum atomic E-state index is 11.7. The number of likely N-dealkylation sites (tertiary alicyclic amines) is 1. The van der Waals surface area contributed by atoms with E-state index >= 15 is 0 Å². The van der Waals surface area contributed by atoms with Gasteiger partial charge in [-0.2, -0.15) is 0 Å². The Hall–Kier alpha value is -1.01. The number of hydrogen-bond donors (Lipinski definition) is 1. The predicted octanol–water partition coefficient (Wildman–Crippen LogP) is 1.02. The van der Waals surface area contributed by atoms with Crippen molar-refractivity contribution in [3.63, 3.8) is 0 Å². The van der Waals surface area contributed by atoms with Crippen LogP contribution in [0.25, 0.3) is 0 Å². The molecule has 0 aromatic heterocycles. The highest BCUT2D eigenvalue weighted by Gasteiger charge is 2.35. The van der Waals surface area contributed by atoms with Crippen LogP contribution in [0, 0.1) is 17.3 Å².